The number of piperazine rings is 1. The maximum absolute atomic E-state index is 12.6. The van der Waals surface area contributed by atoms with E-state index in [2.05, 4.69) is 53.4 Å². The number of aromatic nitrogens is 6. The number of pyridine rings is 3. The van der Waals surface area contributed by atoms with Crippen molar-refractivity contribution >= 4 is 39.3 Å². The molecule has 0 bridgehead atoms. The SMILES string of the molecule is CN1CCN(c2nccc3[nH]c(-c4n[nH]c5ncc(-c6cncc(NC(=O)c7ccccc7)c6)cc45)cc23)CC1. The van der Waals surface area contributed by atoms with Crippen molar-refractivity contribution in [3.8, 4) is 22.5 Å². The predicted molar refractivity (Wildman–Crippen MR) is 156 cm³/mol. The molecule has 0 radical (unpaired) electrons. The van der Waals surface area contributed by atoms with Gasteiger partial charge in [-0.25, -0.2) is 9.97 Å². The number of amides is 1. The fourth-order valence-corrected chi connectivity index (χ4v) is 5.16. The highest BCUT2D eigenvalue weighted by atomic mass is 16.1. The number of anilines is 2. The minimum absolute atomic E-state index is 0.186. The van der Waals surface area contributed by atoms with E-state index in [0.29, 0.717) is 16.9 Å². The average Bonchev–Trinajstić information content (AvgIpc) is 3.62. The van der Waals surface area contributed by atoms with Crippen molar-refractivity contribution < 1.29 is 4.79 Å². The molecule has 1 saturated heterocycles. The Balaban J connectivity index is 1.21. The van der Waals surface area contributed by atoms with Crippen LogP contribution in [0.3, 0.4) is 0 Å². The number of benzene rings is 1. The fraction of sp³-hybridized carbons (Fsp3) is 0.167. The van der Waals surface area contributed by atoms with Crippen molar-refractivity contribution in [2.45, 2.75) is 0 Å². The van der Waals surface area contributed by atoms with Gasteiger partial charge in [-0.15, -0.1) is 0 Å². The largest absolute Gasteiger partial charge is 0.353 e. The van der Waals surface area contributed by atoms with Gasteiger partial charge in [0.05, 0.1) is 23.1 Å². The van der Waals surface area contributed by atoms with Crippen molar-refractivity contribution in [1.29, 1.82) is 0 Å². The minimum atomic E-state index is -0.186. The first-order valence-corrected chi connectivity index (χ1v) is 13.2. The third kappa shape index (κ3) is 4.44. The zero-order valence-corrected chi connectivity index (χ0v) is 21.9. The van der Waals surface area contributed by atoms with Gasteiger partial charge in [-0.1, -0.05) is 18.2 Å². The molecule has 5 aromatic heterocycles. The summed E-state index contributed by atoms with van der Waals surface area (Å²) >= 11 is 0. The monoisotopic (exact) mass is 529 g/mol. The van der Waals surface area contributed by atoms with Gasteiger partial charge in [-0.3, -0.25) is 14.9 Å². The van der Waals surface area contributed by atoms with Crippen LogP contribution in [0.1, 0.15) is 10.4 Å². The quantitative estimate of drug-likeness (QED) is 0.299. The third-order valence-corrected chi connectivity index (χ3v) is 7.37. The number of nitrogens with one attached hydrogen (secondary N) is 3. The van der Waals surface area contributed by atoms with E-state index in [1.165, 1.54) is 0 Å². The van der Waals surface area contributed by atoms with Crippen LogP contribution >= 0.6 is 0 Å². The lowest BCUT2D eigenvalue weighted by atomic mass is 10.1. The number of aromatic amines is 2. The molecule has 3 N–H and O–H groups in total. The van der Waals surface area contributed by atoms with E-state index in [4.69, 9.17) is 4.98 Å². The number of fused-ring (bicyclic) bond motifs is 2. The minimum Gasteiger partial charge on any atom is -0.353 e. The van der Waals surface area contributed by atoms with E-state index in [-0.39, 0.29) is 5.91 Å². The summed E-state index contributed by atoms with van der Waals surface area (Å²) in [5.41, 5.74) is 6.29. The Hall–Kier alpha value is -5.09. The molecule has 0 unspecified atom stereocenters. The van der Waals surface area contributed by atoms with Crippen LogP contribution in [-0.4, -0.2) is 74.2 Å². The molecule has 0 aliphatic carbocycles. The smallest absolute Gasteiger partial charge is 0.255 e. The van der Waals surface area contributed by atoms with Gasteiger partial charge in [0.1, 0.15) is 11.5 Å². The van der Waals surface area contributed by atoms with Crippen LogP contribution in [0.5, 0.6) is 0 Å². The molecule has 1 aliphatic rings. The van der Waals surface area contributed by atoms with Gasteiger partial charge in [-0.2, -0.15) is 5.10 Å². The Bertz CT molecular complexity index is 1830. The molecule has 6 heterocycles. The Morgan fingerprint density at radius 1 is 0.900 bits per heavy atom. The van der Waals surface area contributed by atoms with Crippen molar-refractivity contribution in [2.24, 2.45) is 0 Å². The summed E-state index contributed by atoms with van der Waals surface area (Å²) < 4.78 is 0. The molecule has 0 atom stereocenters. The molecule has 0 saturated carbocycles. The third-order valence-electron chi connectivity index (χ3n) is 7.37. The summed E-state index contributed by atoms with van der Waals surface area (Å²) in [6, 6.07) is 17.2. The van der Waals surface area contributed by atoms with Crippen LogP contribution in [0.25, 0.3) is 44.5 Å². The van der Waals surface area contributed by atoms with E-state index >= 15 is 0 Å². The number of hydrogen-bond donors (Lipinski definition) is 3. The molecule has 1 amide bonds. The van der Waals surface area contributed by atoms with Crippen molar-refractivity contribution in [3.63, 3.8) is 0 Å². The highest BCUT2D eigenvalue weighted by Gasteiger charge is 2.20. The second kappa shape index (κ2) is 9.90. The summed E-state index contributed by atoms with van der Waals surface area (Å²) in [5.74, 6) is 0.807. The van der Waals surface area contributed by atoms with Gasteiger partial charge < -0.3 is 20.1 Å². The Morgan fingerprint density at radius 2 is 1.73 bits per heavy atom. The van der Waals surface area contributed by atoms with Crippen LogP contribution in [0, 0.1) is 0 Å². The second-order valence-electron chi connectivity index (χ2n) is 10.0. The van der Waals surface area contributed by atoms with E-state index in [0.717, 1.165) is 70.8 Å². The Labute approximate surface area is 230 Å². The summed E-state index contributed by atoms with van der Waals surface area (Å²) in [7, 11) is 2.15. The predicted octanol–water partition coefficient (Wildman–Crippen LogP) is 4.57. The van der Waals surface area contributed by atoms with Crippen molar-refractivity contribution in [2.75, 3.05) is 43.4 Å². The van der Waals surface area contributed by atoms with Crippen molar-refractivity contribution in [3.05, 3.63) is 84.9 Å². The first-order chi connectivity index (χ1) is 19.6. The fourth-order valence-electron chi connectivity index (χ4n) is 5.16. The summed E-state index contributed by atoms with van der Waals surface area (Å²) in [4.78, 5) is 34.6. The highest BCUT2D eigenvalue weighted by molar-refractivity contribution is 6.04. The molecule has 0 spiro atoms. The summed E-state index contributed by atoms with van der Waals surface area (Å²) in [5, 5.41) is 12.6. The van der Waals surface area contributed by atoms with Gasteiger partial charge >= 0.3 is 0 Å². The number of rotatable bonds is 5. The lowest BCUT2D eigenvalue weighted by molar-refractivity contribution is 0.102. The molecule has 7 rings (SSSR count). The van der Waals surface area contributed by atoms with Gasteiger partial charge in [0.15, 0.2) is 5.65 Å². The molecule has 1 aliphatic heterocycles. The number of H-pyrrole nitrogens is 2. The van der Waals surface area contributed by atoms with Crippen molar-refractivity contribution in [1.82, 2.24) is 35.0 Å². The lowest BCUT2D eigenvalue weighted by Gasteiger charge is -2.33. The van der Waals surface area contributed by atoms with Crippen LogP contribution in [0.15, 0.2) is 79.4 Å². The number of nitrogens with zero attached hydrogens (tertiary/aromatic N) is 6. The molecule has 10 nitrogen and oxygen atoms in total. The molecule has 10 heteroatoms. The Morgan fingerprint density at radius 3 is 2.58 bits per heavy atom. The van der Waals surface area contributed by atoms with E-state index in [9.17, 15) is 4.79 Å². The Kier molecular flexibility index (Phi) is 5.94. The second-order valence-corrected chi connectivity index (χ2v) is 10.0. The standard InChI is InChI=1S/C30H27N9O/c1-38-9-11-39(12-10-38)29-23-15-26(35-25(23)7-8-32-29)27-24-14-21(17-33-28(24)37-36-27)20-13-22(18-31-16-20)34-30(40)19-5-3-2-4-6-19/h2-8,13-18,35H,9-12H2,1H3,(H,34,40)(H,33,36,37). The molecular weight excluding hydrogens is 502 g/mol. The van der Waals surface area contributed by atoms with E-state index in [1.54, 1.807) is 30.7 Å². The number of hydrogen-bond acceptors (Lipinski definition) is 7. The summed E-state index contributed by atoms with van der Waals surface area (Å²) in [6.45, 7) is 3.92. The first-order valence-electron chi connectivity index (χ1n) is 13.2. The first kappa shape index (κ1) is 24.0. The average molecular weight is 530 g/mol. The zero-order chi connectivity index (χ0) is 27.1. The number of carbonyl (C=O) groups is 1. The molecule has 1 fully saturated rings. The van der Waals surface area contributed by atoms with Gasteiger partial charge in [0.2, 0.25) is 0 Å². The molecule has 40 heavy (non-hydrogen) atoms. The molecule has 6 aromatic rings. The highest BCUT2D eigenvalue weighted by Crippen LogP contribution is 2.33. The topological polar surface area (TPSA) is 119 Å². The molecule has 1 aromatic carbocycles. The number of likely N-dealkylation sites (N-methyl/N-ethyl adjacent to an activating group) is 1. The maximum Gasteiger partial charge on any atom is 0.255 e. The molecular formula is C30H27N9O. The van der Waals surface area contributed by atoms with Crippen LogP contribution in [0.4, 0.5) is 11.5 Å². The maximum atomic E-state index is 12.6. The van der Waals surface area contributed by atoms with Gasteiger partial charge in [-0.05, 0) is 43.4 Å². The van der Waals surface area contributed by atoms with Crippen LogP contribution in [0.2, 0.25) is 0 Å². The summed E-state index contributed by atoms with van der Waals surface area (Å²) in [6.07, 6.45) is 7.04. The van der Waals surface area contributed by atoms with E-state index in [1.807, 2.05) is 42.6 Å². The molecule has 198 valence electrons. The van der Waals surface area contributed by atoms with Crippen LogP contribution < -0.4 is 10.2 Å². The van der Waals surface area contributed by atoms with Gasteiger partial charge in [0, 0.05) is 72.2 Å². The van der Waals surface area contributed by atoms with E-state index < -0.39 is 0 Å². The zero-order valence-electron chi connectivity index (χ0n) is 21.9. The lowest BCUT2D eigenvalue weighted by Crippen LogP contribution is -2.44. The van der Waals surface area contributed by atoms with Crippen LogP contribution in [-0.2, 0) is 0 Å². The van der Waals surface area contributed by atoms with Gasteiger partial charge in [0.25, 0.3) is 5.91 Å². The number of carbonyl (C=O) groups excluding carboxylic acids is 1. The normalized spacial score (nSPS) is 14.2.